The van der Waals surface area contributed by atoms with Crippen LogP contribution >= 0.6 is 7.82 Å². The van der Waals surface area contributed by atoms with Gasteiger partial charge in [0.1, 0.15) is 5.76 Å². The minimum Gasteiger partial charge on any atom is -0.512 e. The van der Waals surface area contributed by atoms with Crippen molar-refractivity contribution in [2.24, 2.45) is 0 Å². The number of allylic oxidation sites excluding steroid dienone is 1. The fourth-order valence-electron chi connectivity index (χ4n) is 0.389. The third kappa shape index (κ3) is 13.7. The highest BCUT2D eigenvalue weighted by atomic mass is 31.2. The average Bonchev–Trinajstić information content (AvgIpc) is 1.98. The summed E-state index contributed by atoms with van der Waals surface area (Å²) in [4.78, 5) is 31.6. The Morgan fingerprint density at radius 3 is 1.57 bits per heavy atom. The molecule has 0 heterocycles. The molecule has 8 heteroatoms. The second-order valence-corrected chi connectivity index (χ2v) is 3.27. The van der Waals surface area contributed by atoms with E-state index < -0.39 is 13.8 Å². The molecule has 0 aliphatic heterocycles. The van der Waals surface area contributed by atoms with E-state index in [-0.39, 0.29) is 11.3 Å². The lowest BCUT2D eigenvalue weighted by Crippen LogP contribution is -1.99. The van der Waals surface area contributed by atoms with Gasteiger partial charge in [-0.3, -0.25) is 0 Å². The molecule has 0 aromatic carbocycles. The Morgan fingerprint density at radius 1 is 1.21 bits per heavy atom. The van der Waals surface area contributed by atoms with Gasteiger partial charge >= 0.3 is 13.8 Å². The highest BCUT2D eigenvalue weighted by Gasteiger charge is 2.04. The van der Waals surface area contributed by atoms with Gasteiger partial charge in [-0.05, 0) is 6.92 Å². The molecular weight excluding hydrogens is 215 g/mol. The lowest BCUT2D eigenvalue weighted by Gasteiger charge is -1.95. The Labute approximate surface area is 80.6 Å². The summed E-state index contributed by atoms with van der Waals surface area (Å²) in [5, 5.41) is 17.1. The average molecular weight is 228 g/mol. The number of aliphatic hydroxyl groups is 1. The third-order valence-electron chi connectivity index (χ3n) is 1.09. The molecule has 0 radical (unpaired) electrons. The number of aliphatic hydroxyl groups excluding tert-OH is 1. The lowest BCUT2D eigenvalue weighted by molar-refractivity contribution is -0.132. The highest BCUT2D eigenvalue weighted by molar-refractivity contribution is 7.45. The largest absolute Gasteiger partial charge is 0.512 e. The van der Waals surface area contributed by atoms with E-state index in [1.54, 1.807) is 6.92 Å². The maximum atomic E-state index is 10.1. The molecule has 7 nitrogen and oxygen atoms in total. The Morgan fingerprint density at radius 2 is 1.50 bits per heavy atom. The molecule has 0 aromatic heterocycles. The number of aliphatic carboxylic acids is 1. The summed E-state index contributed by atoms with van der Waals surface area (Å²) in [5.74, 6) is -1.11. The number of carboxylic acids is 1. The van der Waals surface area contributed by atoms with E-state index in [9.17, 15) is 4.79 Å². The van der Waals surface area contributed by atoms with Crippen LogP contribution in [-0.2, 0) is 9.36 Å². The SMILES string of the molecule is CC/C(O)=C(/C)C(=O)O.O=P(O)(O)O. The fraction of sp³-hybridized carbons (Fsp3) is 0.500. The summed E-state index contributed by atoms with van der Waals surface area (Å²) >= 11 is 0. The van der Waals surface area contributed by atoms with E-state index in [2.05, 4.69) is 0 Å². The van der Waals surface area contributed by atoms with Gasteiger partial charge < -0.3 is 24.9 Å². The number of carbonyl (C=O) groups is 1. The molecule has 5 N–H and O–H groups in total. The first kappa shape index (κ1) is 15.6. The molecule has 0 saturated carbocycles. The quantitative estimate of drug-likeness (QED) is 0.262. The molecule has 0 atom stereocenters. The maximum Gasteiger partial charge on any atom is 0.466 e. The first-order chi connectivity index (χ1) is 6.09. The molecule has 0 aliphatic carbocycles. The minimum atomic E-state index is -4.64. The van der Waals surface area contributed by atoms with Crippen molar-refractivity contribution in [3.8, 4) is 0 Å². The van der Waals surface area contributed by atoms with Crippen molar-refractivity contribution in [2.45, 2.75) is 20.3 Å². The van der Waals surface area contributed by atoms with Gasteiger partial charge in [0.15, 0.2) is 0 Å². The van der Waals surface area contributed by atoms with Crippen molar-refractivity contribution in [3.63, 3.8) is 0 Å². The van der Waals surface area contributed by atoms with E-state index in [1.165, 1.54) is 6.92 Å². The van der Waals surface area contributed by atoms with Crippen LogP contribution in [0.3, 0.4) is 0 Å². The summed E-state index contributed by atoms with van der Waals surface area (Å²) in [7, 11) is -4.64. The van der Waals surface area contributed by atoms with Crippen LogP contribution in [0.1, 0.15) is 20.3 Å². The van der Waals surface area contributed by atoms with Crippen LogP contribution < -0.4 is 0 Å². The molecule has 0 spiro atoms. The first-order valence-electron chi connectivity index (χ1n) is 3.49. The van der Waals surface area contributed by atoms with Crippen LogP contribution in [0.4, 0.5) is 0 Å². The van der Waals surface area contributed by atoms with Crippen LogP contribution in [-0.4, -0.2) is 30.9 Å². The molecule has 0 rings (SSSR count). The smallest absolute Gasteiger partial charge is 0.466 e. The Bertz CT molecular complexity index is 255. The van der Waals surface area contributed by atoms with Crippen LogP contribution in [0.25, 0.3) is 0 Å². The molecule has 14 heavy (non-hydrogen) atoms. The topological polar surface area (TPSA) is 135 Å². The number of carboxylic acid groups (broad SMARTS) is 1. The normalized spacial score (nSPS) is 12.4. The van der Waals surface area contributed by atoms with Crippen LogP contribution in [0.5, 0.6) is 0 Å². The molecule has 0 aromatic rings. The lowest BCUT2D eigenvalue weighted by atomic mass is 10.2. The van der Waals surface area contributed by atoms with Crippen molar-refractivity contribution in [2.75, 3.05) is 0 Å². The van der Waals surface area contributed by atoms with Gasteiger partial charge in [0.2, 0.25) is 0 Å². The molecule has 0 bridgehead atoms. The second-order valence-electron chi connectivity index (χ2n) is 2.24. The Kier molecular flexibility index (Phi) is 7.30. The minimum absolute atomic E-state index is 0.0255. The van der Waals surface area contributed by atoms with Crippen molar-refractivity contribution in [1.82, 2.24) is 0 Å². The number of phosphoric acid groups is 1. The van der Waals surface area contributed by atoms with Gasteiger partial charge in [-0.15, -0.1) is 0 Å². The summed E-state index contributed by atoms with van der Waals surface area (Å²) in [5.41, 5.74) is 0.0255. The van der Waals surface area contributed by atoms with Crippen LogP contribution in [0.15, 0.2) is 11.3 Å². The molecule has 0 saturated heterocycles. The monoisotopic (exact) mass is 228 g/mol. The summed E-state index contributed by atoms with van der Waals surface area (Å²) < 4.78 is 8.88. The molecular formula is C6H13O7P. The van der Waals surface area contributed by atoms with E-state index in [0.717, 1.165) is 0 Å². The van der Waals surface area contributed by atoms with Gasteiger partial charge in [0.05, 0.1) is 5.57 Å². The molecule has 84 valence electrons. The number of hydrogen-bond donors (Lipinski definition) is 5. The van der Waals surface area contributed by atoms with Gasteiger partial charge in [0.25, 0.3) is 0 Å². The zero-order valence-electron chi connectivity index (χ0n) is 7.71. The van der Waals surface area contributed by atoms with Gasteiger partial charge in [-0.2, -0.15) is 0 Å². The number of hydrogen-bond acceptors (Lipinski definition) is 3. The van der Waals surface area contributed by atoms with Gasteiger partial charge in [-0.25, -0.2) is 9.36 Å². The number of rotatable bonds is 2. The predicted molar refractivity (Wildman–Crippen MR) is 47.5 cm³/mol. The maximum absolute atomic E-state index is 10.1. The van der Waals surface area contributed by atoms with Gasteiger partial charge in [-0.1, -0.05) is 6.92 Å². The zero-order valence-corrected chi connectivity index (χ0v) is 8.60. The standard InChI is InChI=1S/C6H10O3.H3O4P/c1-3-5(7)4(2)6(8)9;1-5(2,3)4/h7H,3H2,1-2H3,(H,8,9);(H3,1,2,3,4)/b5-4+;. The zero-order chi connectivity index (χ0) is 11.9. The Hall–Kier alpha value is -0.880. The summed E-state index contributed by atoms with van der Waals surface area (Å²) in [6, 6.07) is 0. The second kappa shape index (κ2) is 6.56. The van der Waals surface area contributed by atoms with Crippen molar-refractivity contribution in [1.29, 1.82) is 0 Å². The molecule has 0 amide bonds. The third-order valence-corrected chi connectivity index (χ3v) is 1.09. The molecule has 0 unspecified atom stereocenters. The van der Waals surface area contributed by atoms with E-state index in [1.807, 2.05) is 0 Å². The van der Waals surface area contributed by atoms with Crippen molar-refractivity contribution < 1.29 is 34.3 Å². The molecule has 0 fully saturated rings. The predicted octanol–water partition coefficient (Wildman–Crippen LogP) is 0.384. The van der Waals surface area contributed by atoms with Crippen LogP contribution in [0.2, 0.25) is 0 Å². The summed E-state index contributed by atoms with van der Waals surface area (Å²) in [6.45, 7) is 3.07. The van der Waals surface area contributed by atoms with Crippen molar-refractivity contribution in [3.05, 3.63) is 11.3 Å². The molecule has 0 aliphatic rings. The van der Waals surface area contributed by atoms with Crippen molar-refractivity contribution >= 4 is 13.8 Å². The van der Waals surface area contributed by atoms with E-state index >= 15 is 0 Å². The van der Waals surface area contributed by atoms with E-state index in [4.69, 9.17) is 29.5 Å². The fourth-order valence-corrected chi connectivity index (χ4v) is 0.389. The summed E-state index contributed by atoms with van der Waals surface area (Å²) in [6.07, 6.45) is 0.373. The highest BCUT2D eigenvalue weighted by Crippen LogP contribution is 2.25. The van der Waals surface area contributed by atoms with E-state index in [0.29, 0.717) is 6.42 Å². The Balaban J connectivity index is 0. The van der Waals surface area contributed by atoms with Gasteiger partial charge in [0, 0.05) is 6.42 Å². The first-order valence-corrected chi connectivity index (χ1v) is 5.06. The van der Waals surface area contributed by atoms with Crippen LogP contribution in [0, 0.1) is 0 Å².